The molecule has 1 aromatic heterocycles. The minimum Gasteiger partial charge on any atom is -0.494 e. The molecule has 2 aliphatic rings. The number of hydrogen-bond donors (Lipinski definition) is 2. The molecule has 0 aliphatic carbocycles. The number of fused-ring (bicyclic) bond motifs is 1. The van der Waals surface area contributed by atoms with Crippen LogP contribution in [-0.4, -0.2) is 40.9 Å². The number of nitrogens with zero attached hydrogens (tertiary/aromatic N) is 2. The van der Waals surface area contributed by atoms with Crippen LogP contribution in [0.5, 0.6) is 5.75 Å². The predicted octanol–water partition coefficient (Wildman–Crippen LogP) is 2.40. The summed E-state index contributed by atoms with van der Waals surface area (Å²) in [6.07, 6.45) is 4.13. The molecule has 0 radical (unpaired) electrons. The van der Waals surface area contributed by atoms with Crippen LogP contribution in [0.3, 0.4) is 0 Å². The van der Waals surface area contributed by atoms with E-state index in [2.05, 4.69) is 10.7 Å². The molecule has 0 spiro atoms. The van der Waals surface area contributed by atoms with E-state index in [-0.39, 0.29) is 30.4 Å². The van der Waals surface area contributed by atoms with Crippen LogP contribution in [-0.2, 0) is 16.1 Å². The van der Waals surface area contributed by atoms with Gasteiger partial charge in [-0.2, -0.15) is 0 Å². The van der Waals surface area contributed by atoms with E-state index in [1.807, 2.05) is 59.9 Å². The summed E-state index contributed by atoms with van der Waals surface area (Å²) in [6, 6.07) is 11.6. The molecule has 4 rings (SSSR count). The Morgan fingerprint density at radius 1 is 1.28 bits per heavy atom. The second kappa shape index (κ2) is 8.67. The van der Waals surface area contributed by atoms with Crippen molar-refractivity contribution in [3.05, 3.63) is 64.6 Å². The van der Waals surface area contributed by atoms with Crippen molar-refractivity contribution in [2.45, 2.75) is 32.0 Å². The van der Waals surface area contributed by atoms with E-state index in [0.29, 0.717) is 19.6 Å². The van der Waals surface area contributed by atoms with Gasteiger partial charge >= 0.3 is 0 Å². The molecular weight excluding hydrogens is 388 g/mol. The van der Waals surface area contributed by atoms with Gasteiger partial charge in [-0.15, -0.1) is 11.3 Å². The molecule has 8 heteroatoms. The van der Waals surface area contributed by atoms with Crippen molar-refractivity contribution in [3.8, 4) is 5.75 Å². The van der Waals surface area contributed by atoms with Gasteiger partial charge in [0.15, 0.2) is 0 Å². The molecule has 0 bridgehead atoms. The third kappa shape index (κ3) is 4.44. The molecule has 2 N–H and O–H groups in total. The molecule has 3 heterocycles. The molecule has 2 aliphatic heterocycles. The minimum atomic E-state index is -0.318. The summed E-state index contributed by atoms with van der Waals surface area (Å²) in [5.74, 6) is 0.598. The Labute approximate surface area is 173 Å². The first-order chi connectivity index (χ1) is 14.1. The Morgan fingerprint density at radius 3 is 2.83 bits per heavy atom. The molecule has 152 valence electrons. The van der Waals surface area contributed by atoms with Gasteiger partial charge in [0.1, 0.15) is 18.3 Å². The zero-order valence-corrected chi connectivity index (χ0v) is 17.0. The Kier molecular flexibility index (Phi) is 5.82. The molecule has 29 heavy (non-hydrogen) atoms. The van der Waals surface area contributed by atoms with Crippen molar-refractivity contribution in [1.29, 1.82) is 0 Å². The van der Waals surface area contributed by atoms with E-state index in [0.717, 1.165) is 16.2 Å². The molecule has 1 fully saturated rings. The molecule has 1 aromatic carbocycles. The van der Waals surface area contributed by atoms with Crippen molar-refractivity contribution in [2.75, 3.05) is 13.2 Å². The van der Waals surface area contributed by atoms with Crippen molar-refractivity contribution in [3.63, 3.8) is 0 Å². The van der Waals surface area contributed by atoms with Crippen LogP contribution >= 0.6 is 11.3 Å². The smallest absolute Gasteiger partial charge is 0.251 e. The standard InChI is InChI=1S/C21H24N4O3S/c1-2-28-16-7-5-15(6-8-16)18-12-19-21(27)24(9-10-25(19)23-18)14-20(26)22-13-17-4-3-11-29-17/h3-11,18-19,23H,2,12-14H2,1H3,(H,22,26). The van der Waals surface area contributed by atoms with Gasteiger partial charge in [0.25, 0.3) is 5.91 Å². The third-order valence-electron chi connectivity index (χ3n) is 5.02. The van der Waals surface area contributed by atoms with Gasteiger partial charge in [-0.05, 0) is 42.5 Å². The first kappa shape index (κ1) is 19.5. The van der Waals surface area contributed by atoms with E-state index >= 15 is 0 Å². The van der Waals surface area contributed by atoms with Crippen molar-refractivity contribution < 1.29 is 14.3 Å². The number of rotatable bonds is 7. The summed E-state index contributed by atoms with van der Waals surface area (Å²) in [5, 5.41) is 6.68. The zero-order valence-electron chi connectivity index (χ0n) is 16.2. The first-order valence-corrected chi connectivity index (χ1v) is 10.6. The molecule has 2 unspecified atom stereocenters. The van der Waals surface area contributed by atoms with Crippen LogP contribution < -0.4 is 15.5 Å². The highest BCUT2D eigenvalue weighted by Crippen LogP contribution is 2.31. The lowest BCUT2D eigenvalue weighted by atomic mass is 10.0. The number of benzene rings is 1. The highest BCUT2D eigenvalue weighted by Gasteiger charge is 2.40. The van der Waals surface area contributed by atoms with Crippen LogP contribution in [0.15, 0.2) is 54.2 Å². The number of hydrazine groups is 1. The SMILES string of the molecule is CCOc1ccc(C2CC3C(=O)N(CC(=O)NCc4cccs4)C=CN3N2)cc1. The van der Waals surface area contributed by atoms with Crippen LogP contribution in [0.4, 0.5) is 0 Å². The lowest BCUT2D eigenvalue weighted by molar-refractivity contribution is -0.138. The van der Waals surface area contributed by atoms with Crippen molar-refractivity contribution in [1.82, 2.24) is 20.7 Å². The largest absolute Gasteiger partial charge is 0.494 e. The van der Waals surface area contributed by atoms with Gasteiger partial charge in [0.05, 0.1) is 19.2 Å². The van der Waals surface area contributed by atoms with Crippen LogP contribution in [0, 0.1) is 0 Å². The van der Waals surface area contributed by atoms with Crippen molar-refractivity contribution in [2.24, 2.45) is 0 Å². The number of ether oxygens (including phenoxy) is 1. The third-order valence-corrected chi connectivity index (χ3v) is 5.90. The quantitative estimate of drug-likeness (QED) is 0.731. The summed E-state index contributed by atoms with van der Waals surface area (Å²) in [5.41, 5.74) is 4.47. The van der Waals surface area contributed by atoms with Crippen LogP contribution in [0.1, 0.15) is 29.8 Å². The predicted molar refractivity (Wildman–Crippen MR) is 111 cm³/mol. The average Bonchev–Trinajstić information content (AvgIpc) is 3.39. The van der Waals surface area contributed by atoms with Gasteiger partial charge in [0.2, 0.25) is 5.91 Å². The van der Waals surface area contributed by atoms with E-state index in [9.17, 15) is 9.59 Å². The highest BCUT2D eigenvalue weighted by molar-refractivity contribution is 7.09. The summed E-state index contributed by atoms with van der Waals surface area (Å²) in [7, 11) is 0. The van der Waals surface area contributed by atoms with Gasteiger partial charge in [-0.1, -0.05) is 18.2 Å². The van der Waals surface area contributed by atoms with Crippen molar-refractivity contribution >= 4 is 23.2 Å². The molecule has 1 saturated heterocycles. The Bertz CT molecular complexity index is 882. The fourth-order valence-corrected chi connectivity index (χ4v) is 4.20. The molecular formula is C21H24N4O3S. The Hall–Kier alpha value is -2.84. The maximum absolute atomic E-state index is 12.9. The van der Waals surface area contributed by atoms with Crippen LogP contribution in [0.25, 0.3) is 0 Å². The Balaban J connectivity index is 1.34. The Morgan fingerprint density at radius 2 is 2.10 bits per heavy atom. The summed E-state index contributed by atoms with van der Waals surface area (Å²) < 4.78 is 5.49. The van der Waals surface area contributed by atoms with E-state index in [1.54, 1.807) is 17.5 Å². The van der Waals surface area contributed by atoms with Gasteiger partial charge in [-0.3, -0.25) is 9.59 Å². The fraction of sp³-hybridized carbons (Fsp3) is 0.333. The molecule has 7 nitrogen and oxygen atoms in total. The second-order valence-corrected chi connectivity index (χ2v) is 8.00. The molecule has 2 amide bonds. The number of carbonyl (C=O) groups excluding carboxylic acids is 2. The fourth-order valence-electron chi connectivity index (χ4n) is 3.56. The number of hydrogen-bond acceptors (Lipinski definition) is 6. The lowest BCUT2D eigenvalue weighted by Gasteiger charge is -2.31. The maximum Gasteiger partial charge on any atom is 0.251 e. The highest BCUT2D eigenvalue weighted by atomic mass is 32.1. The molecule has 2 atom stereocenters. The topological polar surface area (TPSA) is 73.9 Å². The van der Waals surface area contributed by atoms with E-state index < -0.39 is 0 Å². The second-order valence-electron chi connectivity index (χ2n) is 6.96. The van der Waals surface area contributed by atoms with E-state index in [4.69, 9.17) is 4.74 Å². The lowest BCUT2D eigenvalue weighted by Crippen LogP contribution is -2.50. The zero-order chi connectivity index (χ0) is 20.2. The minimum absolute atomic E-state index is 0.0266. The van der Waals surface area contributed by atoms with E-state index in [1.165, 1.54) is 4.90 Å². The monoisotopic (exact) mass is 412 g/mol. The summed E-state index contributed by atoms with van der Waals surface area (Å²) in [6.45, 7) is 3.10. The summed E-state index contributed by atoms with van der Waals surface area (Å²) >= 11 is 1.59. The number of nitrogens with one attached hydrogen (secondary N) is 2. The molecule has 0 saturated carbocycles. The van der Waals surface area contributed by atoms with Crippen LogP contribution in [0.2, 0.25) is 0 Å². The number of amides is 2. The number of carbonyl (C=O) groups is 2. The van der Waals surface area contributed by atoms with Gasteiger partial charge < -0.3 is 20.0 Å². The number of thiophene rings is 1. The summed E-state index contributed by atoms with van der Waals surface area (Å²) in [4.78, 5) is 27.7. The average molecular weight is 413 g/mol. The first-order valence-electron chi connectivity index (χ1n) is 9.69. The van der Waals surface area contributed by atoms with Gasteiger partial charge in [-0.25, -0.2) is 5.43 Å². The maximum atomic E-state index is 12.9. The molecule has 2 aromatic rings. The normalized spacial score (nSPS) is 20.7. The van der Waals surface area contributed by atoms with Gasteiger partial charge in [0, 0.05) is 17.3 Å².